The van der Waals surface area contributed by atoms with Gasteiger partial charge in [-0.15, -0.1) is 0 Å². The Bertz CT molecular complexity index is 759. The Morgan fingerprint density at radius 2 is 2.16 bits per heavy atom. The average Bonchev–Trinajstić information content (AvgIpc) is 3.10. The van der Waals surface area contributed by atoms with Crippen molar-refractivity contribution in [2.75, 3.05) is 13.1 Å². The first-order valence-electron chi connectivity index (χ1n) is 8.56. The zero-order valence-electron chi connectivity index (χ0n) is 14.5. The van der Waals surface area contributed by atoms with Gasteiger partial charge in [-0.2, -0.15) is 8.78 Å². The highest BCUT2D eigenvalue weighted by molar-refractivity contribution is 5.84. The van der Waals surface area contributed by atoms with Crippen molar-refractivity contribution in [1.29, 1.82) is 0 Å². The number of carbonyl (C=O) groups excluding carboxylic acids is 1. The van der Waals surface area contributed by atoms with Crippen LogP contribution in [0.15, 0.2) is 30.7 Å². The molecule has 0 spiro atoms. The number of nitrogens with zero attached hydrogens (tertiary/aromatic N) is 4. The summed E-state index contributed by atoms with van der Waals surface area (Å²) in [5.41, 5.74) is -0.142. The van der Waals surface area contributed by atoms with Crippen molar-refractivity contribution in [2.45, 2.75) is 45.1 Å². The highest BCUT2D eigenvalue weighted by atomic mass is 19.3. The van der Waals surface area contributed by atoms with Gasteiger partial charge in [0.05, 0.1) is 6.04 Å². The van der Waals surface area contributed by atoms with E-state index in [1.54, 1.807) is 25.3 Å². The number of aromatic nitrogens is 3. The lowest BCUT2D eigenvalue weighted by Crippen LogP contribution is -2.47. The van der Waals surface area contributed by atoms with Gasteiger partial charge < -0.3 is 9.47 Å². The van der Waals surface area contributed by atoms with E-state index in [2.05, 4.69) is 9.97 Å². The number of hydrogen-bond acceptors (Lipinski definition) is 3. The number of likely N-dealkylation sites (tertiary alicyclic amines) is 1. The molecule has 5 nitrogen and oxygen atoms in total. The van der Waals surface area contributed by atoms with E-state index in [1.807, 2.05) is 17.7 Å². The van der Waals surface area contributed by atoms with E-state index in [0.717, 1.165) is 18.7 Å². The number of rotatable bonds is 4. The fraction of sp³-hybridized carbons (Fsp3) is 0.500. The second-order valence-electron chi connectivity index (χ2n) is 6.39. The highest BCUT2D eigenvalue weighted by Crippen LogP contribution is 2.33. The van der Waals surface area contributed by atoms with Crippen molar-refractivity contribution < 1.29 is 13.6 Å². The van der Waals surface area contributed by atoms with Crippen LogP contribution in [0.5, 0.6) is 0 Å². The van der Waals surface area contributed by atoms with Crippen LogP contribution in [0.3, 0.4) is 0 Å². The lowest BCUT2D eigenvalue weighted by Gasteiger charge is -2.35. The number of imidazole rings is 1. The molecule has 0 N–H and O–H groups in total. The van der Waals surface area contributed by atoms with Crippen molar-refractivity contribution in [3.8, 4) is 0 Å². The second-order valence-corrected chi connectivity index (χ2v) is 6.39. The van der Waals surface area contributed by atoms with Crippen molar-refractivity contribution in [3.63, 3.8) is 0 Å². The summed E-state index contributed by atoms with van der Waals surface area (Å²) in [6, 6.07) is 3.11. The number of halogens is 2. The summed E-state index contributed by atoms with van der Waals surface area (Å²) < 4.78 is 31.5. The molecule has 25 heavy (non-hydrogen) atoms. The first kappa shape index (κ1) is 17.5. The van der Waals surface area contributed by atoms with E-state index in [-0.39, 0.29) is 12.6 Å². The molecule has 1 aliphatic rings. The third-order valence-corrected chi connectivity index (χ3v) is 4.72. The number of amides is 1. The highest BCUT2D eigenvalue weighted by Gasteiger charge is 2.47. The third-order valence-electron chi connectivity index (χ3n) is 4.72. The molecule has 2 aromatic heterocycles. The van der Waals surface area contributed by atoms with Crippen LogP contribution in [-0.2, 0) is 17.1 Å². The van der Waals surface area contributed by atoms with Crippen molar-refractivity contribution in [3.05, 3.63) is 47.8 Å². The summed E-state index contributed by atoms with van der Waals surface area (Å²) in [5, 5.41) is 0. The molecule has 0 saturated carbocycles. The zero-order valence-corrected chi connectivity index (χ0v) is 14.5. The molecule has 0 aromatic carbocycles. The van der Waals surface area contributed by atoms with Gasteiger partial charge in [-0.3, -0.25) is 9.78 Å². The van der Waals surface area contributed by atoms with Gasteiger partial charge in [0.1, 0.15) is 11.5 Å². The van der Waals surface area contributed by atoms with Crippen molar-refractivity contribution in [2.24, 2.45) is 0 Å². The SMILES string of the molecule is CCc1nccn1C1CCCN(C(=O)C(F)(F)c2ncccc2C)C1. The Morgan fingerprint density at radius 3 is 2.88 bits per heavy atom. The predicted molar refractivity (Wildman–Crippen MR) is 89.3 cm³/mol. The van der Waals surface area contributed by atoms with Gasteiger partial charge in [0.25, 0.3) is 5.91 Å². The number of piperidine rings is 1. The minimum absolute atomic E-state index is 0.0178. The van der Waals surface area contributed by atoms with Gasteiger partial charge in [0.15, 0.2) is 0 Å². The monoisotopic (exact) mass is 348 g/mol. The molecule has 0 radical (unpaired) electrons. The van der Waals surface area contributed by atoms with Crippen LogP contribution in [0.4, 0.5) is 8.78 Å². The zero-order chi connectivity index (χ0) is 18.0. The van der Waals surface area contributed by atoms with Crippen LogP contribution in [0.25, 0.3) is 0 Å². The maximum absolute atomic E-state index is 14.7. The summed E-state index contributed by atoms with van der Waals surface area (Å²) >= 11 is 0. The smallest absolute Gasteiger partial charge is 0.335 e. The molecule has 3 rings (SSSR count). The lowest BCUT2D eigenvalue weighted by atomic mass is 10.0. The van der Waals surface area contributed by atoms with Crippen LogP contribution in [-0.4, -0.2) is 38.4 Å². The molecule has 7 heteroatoms. The summed E-state index contributed by atoms with van der Waals surface area (Å²) in [5.74, 6) is -3.88. The second kappa shape index (κ2) is 6.90. The summed E-state index contributed by atoms with van der Waals surface area (Å²) in [6.45, 7) is 4.15. The lowest BCUT2D eigenvalue weighted by molar-refractivity contribution is -0.161. The van der Waals surface area contributed by atoms with Crippen LogP contribution in [0.1, 0.15) is 42.9 Å². The molecule has 1 atom stereocenters. The fourth-order valence-electron chi connectivity index (χ4n) is 3.43. The first-order chi connectivity index (χ1) is 11.9. The fourth-order valence-corrected chi connectivity index (χ4v) is 3.43. The van der Waals surface area contributed by atoms with Crippen molar-refractivity contribution >= 4 is 5.91 Å². The third kappa shape index (κ3) is 3.27. The Morgan fingerprint density at radius 1 is 1.36 bits per heavy atom. The molecule has 0 aliphatic carbocycles. The van der Waals surface area contributed by atoms with Gasteiger partial charge in [-0.05, 0) is 31.4 Å². The Kier molecular flexibility index (Phi) is 4.83. The van der Waals surface area contributed by atoms with E-state index in [4.69, 9.17) is 0 Å². The van der Waals surface area contributed by atoms with E-state index in [9.17, 15) is 13.6 Å². The quantitative estimate of drug-likeness (QED) is 0.853. The molecular formula is C18H22F2N4O. The molecule has 2 aromatic rings. The maximum atomic E-state index is 14.7. The molecule has 1 amide bonds. The molecule has 3 heterocycles. The van der Waals surface area contributed by atoms with Gasteiger partial charge in [-0.1, -0.05) is 13.0 Å². The number of alkyl halides is 2. The van der Waals surface area contributed by atoms with Gasteiger partial charge in [-0.25, -0.2) is 4.98 Å². The number of hydrogen-bond donors (Lipinski definition) is 0. The summed E-state index contributed by atoms with van der Waals surface area (Å²) in [7, 11) is 0. The number of pyridine rings is 1. The van der Waals surface area contributed by atoms with Gasteiger partial charge >= 0.3 is 5.92 Å². The van der Waals surface area contributed by atoms with Crippen LogP contribution >= 0.6 is 0 Å². The predicted octanol–water partition coefficient (Wildman–Crippen LogP) is 3.10. The summed E-state index contributed by atoms with van der Waals surface area (Å²) in [6.07, 6.45) is 7.17. The number of aryl methyl sites for hydroxylation is 2. The van der Waals surface area contributed by atoms with E-state index < -0.39 is 17.5 Å². The number of carbonyl (C=O) groups is 1. The first-order valence-corrected chi connectivity index (χ1v) is 8.56. The Labute approximate surface area is 145 Å². The molecule has 1 aliphatic heterocycles. The Hall–Kier alpha value is -2.31. The maximum Gasteiger partial charge on any atom is 0.366 e. The largest absolute Gasteiger partial charge is 0.366 e. The van der Waals surface area contributed by atoms with E-state index in [1.165, 1.54) is 11.1 Å². The van der Waals surface area contributed by atoms with Gasteiger partial charge in [0.2, 0.25) is 0 Å². The molecule has 1 fully saturated rings. The van der Waals surface area contributed by atoms with Crippen LogP contribution < -0.4 is 0 Å². The molecule has 134 valence electrons. The molecular weight excluding hydrogens is 326 g/mol. The minimum atomic E-state index is -3.62. The van der Waals surface area contributed by atoms with Crippen molar-refractivity contribution in [1.82, 2.24) is 19.4 Å². The van der Waals surface area contributed by atoms with E-state index >= 15 is 0 Å². The van der Waals surface area contributed by atoms with Gasteiger partial charge in [0, 0.05) is 38.1 Å². The van der Waals surface area contributed by atoms with Crippen LogP contribution in [0.2, 0.25) is 0 Å². The molecule has 1 saturated heterocycles. The van der Waals surface area contributed by atoms with Crippen LogP contribution in [0, 0.1) is 6.92 Å². The summed E-state index contributed by atoms with van der Waals surface area (Å²) in [4.78, 5) is 21.9. The Balaban J connectivity index is 1.81. The molecule has 1 unspecified atom stereocenters. The minimum Gasteiger partial charge on any atom is -0.335 e. The normalized spacial score (nSPS) is 18.4. The molecule has 0 bridgehead atoms. The average molecular weight is 348 g/mol. The standard InChI is InChI=1S/C18H22F2N4O/c1-3-15-21-9-11-24(15)14-7-5-10-23(12-14)17(25)18(19,20)16-13(2)6-4-8-22-16/h4,6,8-9,11,14H,3,5,7,10,12H2,1-2H3. The topological polar surface area (TPSA) is 51.0 Å². The van der Waals surface area contributed by atoms with E-state index in [0.29, 0.717) is 18.5 Å².